The quantitative estimate of drug-likeness (QED) is 0.670. The van der Waals surface area contributed by atoms with Gasteiger partial charge in [0.1, 0.15) is 0 Å². The molecule has 0 saturated carbocycles. The molecule has 0 aliphatic rings. The Morgan fingerprint density at radius 1 is 1.16 bits per heavy atom. The number of benzene rings is 1. The molecule has 0 radical (unpaired) electrons. The third kappa shape index (κ3) is 6.36. The van der Waals surface area contributed by atoms with E-state index < -0.39 is 0 Å². The second kappa shape index (κ2) is 10.2. The van der Waals surface area contributed by atoms with Crippen molar-refractivity contribution in [3.63, 3.8) is 0 Å². The van der Waals surface area contributed by atoms with Crippen molar-refractivity contribution in [2.75, 3.05) is 47.1 Å². The van der Waals surface area contributed by atoms with E-state index >= 15 is 0 Å². The molecule has 0 heterocycles. The summed E-state index contributed by atoms with van der Waals surface area (Å²) in [5, 5.41) is 3.84. The Morgan fingerprint density at radius 3 is 2.58 bits per heavy atom. The van der Waals surface area contributed by atoms with Crippen molar-refractivity contribution in [1.29, 1.82) is 0 Å². The van der Waals surface area contributed by atoms with E-state index in [4.69, 9.17) is 25.8 Å². The molecule has 0 amide bonds. The van der Waals surface area contributed by atoms with Crippen LogP contribution in [-0.4, -0.2) is 47.1 Å². The summed E-state index contributed by atoms with van der Waals surface area (Å²) in [6, 6.07) is 7.73. The van der Waals surface area contributed by atoms with Gasteiger partial charge in [0.05, 0.1) is 32.5 Å². The van der Waals surface area contributed by atoms with Gasteiger partial charge >= 0.3 is 0 Å². The summed E-state index contributed by atoms with van der Waals surface area (Å²) >= 11 is 6.18. The number of nitrogens with one attached hydrogen (secondary N) is 1. The monoisotopic (exact) mass is 287 g/mol. The zero-order chi connectivity index (χ0) is 13.9. The summed E-state index contributed by atoms with van der Waals surface area (Å²) in [7, 11) is 3.54. The highest BCUT2D eigenvalue weighted by atomic mass is 35.5. The molecular formula is C14H22ClNO3. The Balaban J connectivity index is 2.39. The van der Waals surface area contributed by atoms with Gasteiger partial charge in [-0.05, 0) is 13.1 Å². The first kappa shape index (κ1) is 16.4. The average Bonchev–Trinajstić information content (AvgIpc) is 2.42. The van der Waals surface area contributed by atoms with Crippen molar-refractivity contribution in [3.05, 3.63) is 34.9 Å². The van der Waals surface area contributed by atoms with Crippen molar-refractivity contribution in [2.24, 2.45) is 0 Å². The van der Waals surface area contributed by atoms with E-state index in [-0.39, 0.29) is 6.10 Å². The molecule has 0 fully saturated rings. The van der Waals surface area contributed by atoms with Gasteiger partial charge < -0.3 is 19.5 Å². The number of hydrogen-bond donors (Lipinski definition) is 1. The lowest BCUT2D eigenvalue weighted by atomic mass is 10.1. The van der Waals surface area contributed by atoms with Crippen LogP contribution in [0.4, 0.5) is 0 Å². The fourth-order valence-corrected chi connectivity index (χ4v) is 1.93. The van der Waals surface area contributed by atoms with Gasteiger partial charge in [0.2, 0.25) is 0 Å². The van der Waals surface area contributed by atoms with E-state index in [1.807, 2.05) is 31.3 Å². The molecule has 1 aromatic carbocycles. The molecule has 1 unspecified atom stereocenters. The minimum atomic E-state index is -0.0651. The van der Waals surface area contributed by atoms with Gasteiger partial charge in [0, 0.05) is 24.2 Å². The number of methoxy groups -OCH3 is 1. The molecule has 0 spiro atoms. The van der Waals surface area contributed by atoms with Gasteiger partial charge in [-0.25, -0.2) is 0 Å². The summed E-state index contributed by atoms with van der Waals surface area (Å²) < 4.78 is 16.1. The van der Waals surface area contributed by atoms with Crippen LogP contribution in [0.25, 0.3) is 0 Å². The molecule has 1 rings (SSSR count). The molecule has 5 heteroatoms. The van der Waals surface area contributed by atoms with Crippen LogP contribution >= 0.6 is 11.6 Å². The number of likely N-dealkylation sites (N-methyl/N-ethyl adjacent to an activating group) is 1. The number of halogens is 1. The van der Waals surface area contributed by atoms with E-state index in [1.165, 1.54) is 0 Å². The molecule has 0 aliphatic heterocycles. The smallest absolute Gasteiger partial charge is 0.0964 e. The predicted octanol–water partition coefficient (Wildman–Crippen LogP) is 2.28. The number of hydrogen-bond acceptors (Lipinski definition) is 4. The van der Waals surface area contributed by atoms with Crippen molar-refractivity contribution in [2.45, 2.75) is 6.10 Å². The molecule has 1 aromatic rings. The third-order valence-corrected chi connectivity index (χ3v) is 2.96. The van der Waals surface area contributed by atoms with Crippen LogP contribution in [0.2, 0.25) is 5.02 Å². The third-order valence-electron chi connectivity index (χ3n) is 2.62. The Morgan fingerprint density at radius 2 is 1.89 bits per heavy atom. The first-order valence-electron chi connectivity index (χ1n) is 6.37. The summed E-state index contributed by atoms with van der Waals surface area (Å²) in [4.78, 5) is 0. The second-order valence-corrected chi connectivity index (χ2v) is 4.45. The van der Waals surface area contributed by atoms with E-state index in [2.05, 4.69) is 5.32 Å². The Labute approximate surface area is 120 Å². The van der Waals surface area contributed by atoms with Crippen molar-refractivity contribution in [1.82, 2.24) is 5.32 Å². The Bertz CT molecular complexity index is 349. The van der Waals surface area contributed by atoms with Crippen LogP contribution < -0.4 is 5.32 Å². The van der Waals surface area contributed by atoms with Crippen LogP contribution in [0.5, 0.6) is 0 Å². The summed E-state index contributed by atoms with van der Waals surface area (Å²) in [6.07, 6.45) is -0.0651. The van der Waals surface area contributed by atoms with Gasteiger partial charge in [-0.3, -0.25) is 0 Å². The fraction of sp³-hybridized carbons (Fsp3) is 0.571. The zero-order valence-electron chi connectivity index (χ0n) is 11.5. The van der Waals surface area contributed by atoms with Crippen LogP contribution in [0.1, 0.15) is 11.7 Å². The maximum absolute atomic E-state index is 6.18. The predicted molar refractivity (Wildman–Crippen MR) is 76.8 cm³/mol. The lowest BCUT2D eigenvalue weighted by Crippen LogP contribution is -2.22. The lowest BCUT2D eigenvalue weighted by molar-refractivity contribution is -0.00628. The molecule has 0 aliphatic carbocycles. The Kier molecular flexibility index (Phi) is 8.79. The van der Waals surface area contributed by atoms with Gasteiger partial charge in [0.15, 0.2) is 0 Å². The van der Waals surface area contributed by atoms with Gasteiger partial charge in [-0.2, -0.15) is 0 Å². The van der Waals surface area contributed by atoms with Gasteiger partial charge in [-0.15, -0.1) is 0 Å². The number of rotatable bonds is 10. The number of ether oxygens (including phenoxy) is 3. The average molecular weight is 288 g/mol. The lowest BCUT2D eigenvalue weighted by Gasteiger charge is -2.19. The van der Waals surface area contributed by atoms with Crippen LogP contribution in [-0.2, 0) is 14.2 Å². The summed E-state index contributed by atoms with van der Waals surface area (Å²) in [5.74, 6) is 0. The fourth-order valence-electron chi connectivity index (χ4n) is 1.67. The Hall–Kier alpha value is -0.650. The molecule has 0 bridgehead atoms. The highest BCUT2D eigenvalue weighted by molar-refractivity contribution is 6.31. The molecule has 1 N–H and O–H groups in total. The molecule has 4 nitrogen and oxygen atoms in total. The maximum Gasteiger partial charge on any atom is 0.0964 e. The molecular weight excluding hydrogens is 266 g/mol. The van der Waals surface area contributed by atoms with Crippen LogP contribution in [0.15, 0.2) is 24.3 Å². The standard InChI is InChI=1S/C14H22ClNO3/c1-16-11-14(12-5-3-4-6-13(12)15)19-10-9-18-8-7-17-2/h3-6,14,16H,7-11H2,1-2H3. The van der Waals surface area contributed by atoms with Gasteiger partial charge in [0.25, 0.3) is 0 Å². The normalized spacial score (nSPS) is 12.6. The maximum atomic E-state index is 6.18. The summed E-state index contributed by atoms with van der Waals surface area (Å²) in [5.41, 5.74) is 0.996. The van der Waals surface area contributed by atoms with Gasteiger partial charge in [-0.1, -0.05) is 29.8 Å². The van der Waals surface area contributed by atoms with E-state index in [1.54, 1.807) is 7.11 Å². The second-order valence-electron chi connectivity index (χ2n) is 4.04. The zero-order valence-corrected chi connectivity index (χ0v) is 12.3. The first-order valence-corrected chi connectivity index (χ1v) is 6.74. The van der Waals surface area contributed by atoms with E-state index in [9.17, 15) is 0 Å². The molecule has 1 atom stereocenters. The SMILES string of the molecule is CNCC(OCCOCCOC)c1ccccc1Cl. The topological polar surface area (TPSA) is 39.7 Å². The highest BCUT2D eigenvalue weighted by Crippen LogP contribution is 2.24. The minimum Gasteiger partial charge on any atom is -0.382 e. The molecule has 108 valence electrons. The first-order chi connectivity index (χ1) is 9.29. The van der Waals surface area contributed by atoms with E-state index in [0.29, 0.717) is 33.0 Å². The summed E-state index contributed by atoms with van der Waals surface area (Å²) in [6.45, 7) is 2.98. The largest absolute Gasteiger partial charge is 0.382 e. The molecule has 0 aromatic heterocycles. The van der Waals surface area contributed by atoms with E-state index in [0.717, 1.165) is 10.6 Å². The van der Waals surface area contributed by atoms with Crippen molar-refractivity contribution >= 4 is 11.6 Å². The molecule has 0 saturated heterocycles. The van der Waals surface area contributed by atoms with Crippen molar-refractivity contribution in [3.8, 4) is 0 Å². The molecule has 19 heavy (non-hydrogen) atoms. The van der Waals surface area contributed by atoms with Crippen LogP contribution in [0, 0.1) is 0 Å². The van der Waals surface area contributed by atoms with Crippen LogP contribution in [0.3, 0.4) is 0 Å². The highest BCUT2D eigenvalue weighted by Gasteiger charge is 2.13. The minimum absolute atomic E-state index is 0.0651. The van der Waals surface area contributed by atoms with Crippen molar-refractivity contribution < 1.29 is 14.2 Å².